The summed E-state index contributed by atoms with van der Waals surface area (Å²) >= 11 is 0. The average molecular weight is 221 g/mol. The molecule has 0 spiro atoms. The van der Waals surface area contributed by atoms with Crippen LogP contribution in [-0.4, -0.2) is 25.9 Å². The Labute approximate surface area is 96.5 Å². The van der Waals surface area contributed by atoms with Crippen molar-refractivity contribution < 1.29 is 9.47 Å². The zero-order chi connectivity index (χ0) is 11.2. The molecule has 0 saturated carbocycles. The molecule has 0 aromatic heterocycles. The molecule has 2 N–H and O–H groups in total. The largest absolute Gasteiger partial charge is 0.379 e. The Hall–Kier alpha value is -0.900. The summed E-state index contributed by atoms with van der Waals surface area (Å²) in [6.45, 7) is 2.96. The zero-order valence-electron chi connectivity index (χ0n) is 9.52. The van der Waals surface area contributed by atoms with Crippen LogP contribution in [0.1, 0.15) is 17.5 Å². The molecule has 1 aliphatic rings. The smallest absolute Gasteiger partial charge is 0.0834 e. The molecule has 3 heteroatoms. The van der Waals surface area contributed by atoms with Gasteiger partial charge in [0.1, 0.15) is 0 Å². The first-order valence-electron chi connectivity index (χ1n) is 5.85. The quantitative estimate of drug-likeness (QED) is 0.819. The van der Waals surface area contributed by atoms with Gasteiger partial charge in [-0.15, -0.1) is 0 Å². The molecule has 3 nitrogen and oxygen atoms in total. The predicted molar refractivity (Wildman–Crippen MR) is 63.2 cm³/mol. The molecule has 1 aromatic rings. The normalized spacial score (nSPS) is 20.2. The monoisotopic (exact) mass is 221 g/mol. The van der Waals surface area contributed by atoms with Gasteiger partial charge in [0.2, 0.25) is 0 Å². The van der Waals surface area contributed by atoms with E-state index >= 15 is 0 Å². The van der Waals surface area contributed by atoms with Crippen molar-refractivity contribution in [3.63, 3.8) is 0 Å². The van der Waals surface area contributed by atoms with Gasteiger partial charge in [0.05, 0.1) is 19.3 Å². The fraction of sp³-hybridized carbons (Fsp3) is 0.538. The third-order valence-corrected chi connectivity index (χ3v) is 2.83. The van der Waals surface area contributed by atoms with E-state index in [1.165, 1.54) is 11.1 Å². The van der Waals surface area contributed by atoms with Crippen LogP contribution in [0.2, 0.25) is 0 Å². The van der Waals surface area contributed by atoms with Crippen LogP contribution in [0.15, 0.2) is 24.3 Å². The molecular formula is C13H19NO2. The maximum Gasteiger partial charge on any atom is 0.0834 e. The highest BCUT2D eigenvalue weighted by Crippen LogP contribution is 2.12. The minimum Gasteiger partial charge on any atom is -0.379 e. The van der Waals surface area contributed by atoms with E-state index in [-0.39, 0.29) is 6.10 Å². The van der Waals surface area contributed by atoms with Crippen molar-refractivity contribution in [3.8, 4) is 0 Å². The van der Waals surface area contributed by atoms with E-state index in [1.807, 2.05) is 0 Å². The Bertz CT molecular complexity index is 304. The molecule has 1 saturated heterocycles. The lowest BCUT2D eigenvalue weighted by Crippen LogP contribution is -2.11. The van der Waals surface area contributed by atoms with Gasteiger partial charge in [-0.25, -0.2) is 0 Å². The molecule has 0 bridgehead atoms. The molecular weight excluding hydrogens is 202 g/mol. The Morgan fingerprint density at radius 2 is 2.00 bits per heavy atom. The van der Waals surface area contributed by atoms with Crippen LogP contribution in [0.4, 0.5) is 0 Å². The minimum atomic E-state index is 0.281. The Morgan fingerprint density at radius 3 is 2.62 bits per heavy atom. The van der Waals surface area contributed by atoms with Crippen LogP contribution >= 0.6 is 0 Å². The molecule has 1 aromatic carbocycles. The van der Waals surface area contributed by atoms with E-state index in [9.17, 15) is 0 Å². The summed E-state index contributed by atoms with van der Waals surface area (Å²) in [6, 6.07) is 8.47. The van der Waals surface area contributed by atoms with Crippen LogP contribution in [-0.2, 0) is 22.5 Å². The van der Waals surface area contributed by atoms with Gasteiger partial charge in [0.15, 0.2) is 0 Å². The Morgan fingerprint density at radius 1 is 1.25 bits per heavy atom. The van der Waals surface area contributed by atoms with Crippen molar-refractivity contribution in [2.45, 2.75) is 25.6 Å². The maximum absolute atomic E-state index is 5.74. The summed E-state index contributed by atoms with van der Waals surface area (Å²) in [6.07, 6.45) is 2.24. The maximum atomic E-state index is 5.74. The van der Waals surface area contributed by atoms with Crippen LogP contribution in [0, 0.1) is 0 Å². The second kappa shape index (κ2) is 5.99. The van der Waals surface area contributed by atoms with E-state index in [1.54, 1.807) is 0 Å². The molecule has 1 atom stereocenters. The first-order valence-corrected chi connectivity index (χ1v) is 5.85. The summed E-state index contributed by atoms with van der Waals surface area (Å²) in [7, 11) is 0. The highest BCUT2D eigenvalue weighted by atomic mass is 16.5. The van der Waals surface area contributed by atoms with Gasteiger partial charge < -0.3 is 15.2 Å². The van der Waals surface area contributed by atoms with Gasteiger partial charge >= 0.3 is 0 Å². The van der Waals surface area contributed by atoms with E-state index in [0.29, 0.717) is 13.2 Å². The van der Waals surface area contributed by atoms with E-state index < -0.39 is 0 Å². The minimum absolute atomic E-state index is 0.281. The number of hydrogen-bond donors (Lipinski definition) is 1. The second-order valence-electron chi connectivity index (χ2n) is 4.15. The predicted octanol–water partition coefficient (Wildman–Crippen LogP) is 1.49. The van der Waals surface area contributed by atoms with Crippen molar-refractivity contribution >= 4 is 0 Å². The molecule has 88 valence electrons. The van der Waals surface area contributed by atoms with Gasteiger partial charge in [0.25, 0.3) is 0 Å². The Balaban J connectivity index is 1.80. The number of ether oxygens (including phenoxy) is 2. The lowest BCUT2D eigenvalue weighted by Gasteiger charge is -2.10. The number of hydrogen-bond acceptors (Lipinski definition) is 3. The van der Waals surface area contributed by atoms with Crippen LogP contribution in [0.3, 0.4) is 0 Å². The van der Waals surface area contributed by atoms with Crippen molar-refractivity contribution in [3.05, 3.63) is 35.4 Å². The van der Waals surface area contributed by atoms with Gasteiger partial charge in [-0.1, -0.05) is 24.3 Å². The van der Waals surface area contributed by atoms with Crippen molar-refractivity contribution in [1.82, 2.24) is 0 Å². The molecule has 0 aliphatic carbocycles. The van der Waals surface area contributed by atoms with E-state index in [0.717, 1.165) is 26.1 Å². The highest BCUT2D eigenvalue weighted by Gasteiger charge is 2.15. The summed E-state index contributed by atoms with van der Waals surface area (Å²) in [5, 5.41) is 0. The molecule has 0 amide bonds. The van der Waals surface area contributed by atoms with Gasteiger partial charge in [-0.3, -0.25) is 0 Å². The molecule has 16 heavy (non-hydrogen) atoms. The van der Waals surface area contributed by atoms with Crippen LogP contribution in [0.5, 0.6) is 0 Å². The van der Waals surface area contributed by atoms with Gasteiger partial charge in [0, 0.05) is 6.61 Å². The SMILES string of the molecule is NCCc1ccc(COC2CCOC2)cc1. The van der Waals surface area contributed by atoms with E-state index in [4.69, 9.17) is 15.2 Å². The van der Waals surface area contributed by atoms with Gasteiger partial charge in [-0.05, 0) is 30.5 Å². The standard InChI is InChI=1S/C13H19NO2/c14-7-5-11-1-3-12(4-2-11)9-16-13-6-8-15-10-13/h1-4,13H,5-10,14H2. The van der Waals surface area contributed by atoms with Crippen molar-refractivity contribution in [1.29, 1.82) is 0 Å². The van der Waals surface area contributed by atoms with Crippen molar-refractivity contribution in [2.75, 3.05) is 19.8 Å². The summed E-state index contributed by atoms with van der Waals surface area (Å²) in [4.78, 5) is 0. The number of rotatable bonds is 5. The van der Waals surface area contributed by atoms with E-state index in [2.05, 4.69) is 24.3 Å². The third kappa shape index (κ3) is 3.30. The Kier molecular flexibility index (Phi) is 4.34. The van der Waals surface area contributed by atoms with Crippen LogP contribution in [0.25, 0.3) is 0 Å². The molecule has 1 aliphatic heterocycles. The third-order valence-electron chi connectivity index (χ3n) is 2.83. The fourth-order valence-electron chi connectivity index (χ4n) is 1.83. The highest BCUT2D eigenvalue weighted by molar-refractivity contribution is 5.22. The molecule has 0 radical (unpaired) electrons. The molecule has 2 rings (SSSR count). The van der Waals surface area contributed by atoms with Gasteiger partial charge in [-0.2, -0.15) is 0 Å². The molecule has 1 heterocycles. The first kappa shape index (κ1) is 11.6. The topological polar surface area (TPSA) is 44.5 Å². The lowest BCUT2D eigenvalue weighted by molar-refractivity contribution is 0.0317. The summed E-state index contributed by atoms with van der Waals surface area (Å²) in [5.74, 6) is 0. The molecule has 1 unspecified atom stereocenters. The van der Waals surface area contributed by atoms with Crippen molar-refractivity contribution in [2.24, 2.45) is 5.73 Å². The number of nitrogens with two attached hydrogens (primary N) is 1. The average Bonchev–Trinajstić information content (AvgIpc) is 2.82. The summed E-state index contributed by atoms with van der Waals surface area (Å²) < 4.78 is 11.0. The second-order valence-corrected chi connectivity index (χ2v) is 4.15. The fourth-order valence-corrected chi connectivity index (χ4v) is 1.83. The molecule has 1 fully saturated rings. The zero-order valence-corrected chi connectivity index (χ0v) is 9.52. The van der Waals surface area contributed by atoms with Crippen LogP contribution < -0.4 is 5.73 Å². The number of benzene rings is 1. The lowest BCUT2D eigenvalue weighted by atomic mass is 10.1. The first-order chi connectivity index (χ1) is 7.88. The summed E-state index contributed by atoms with van der Waals surface area (Å²) in [5.41, 5.74) is 8.00.